The van der Waals surface area contributed by atoms with Crippen LogP contribution in [0.1, 0.15) is 68.7 Å². The molecule has 2 aromatic heterocycles. The number of anilines is 2. The maximum Gasteiger partial charge on any atom is 0.250 e. The molecule has 2 aliphatic carbocycles. The number of carbonyl (C=O) groups is 2. The van der Waals surface area contributed by atoms with Crippen LogP contribution in [-0.2, 0) is 20.9 Å². The van der Waals surface area contributed by atoms with Crippen LogP contribution in [-0.4, -0.2) is 58.5 Å². The highest BCUT2D eigenvalue weighted by molar-refractivity contribution is 6.01. The predicted octanol–water partition coefficient (Wildman–Crippen LogP) is 6.82. The number of hydrogen-bond acceptors (Lipinski definition) is 5. The van der Waals surface area contributed by atoms with Crippen LogP contribution in [0.2, 0.25) is 0 Å². The molecule has 1 saturated heterocycles. The number of aromatic nitrogens is 2. The number of H-pyrrole nitrogens is 1. The van der Waals surface area contributed by atoms with Gasteiger partial charge in [-0.3, -0.25) is 14.6 Å². The van der Waals surface area contributed by atoms with E-state index in [1.54, 1.807) is 6.20 Å². The van der Waals surface area contributed by atoms with Crippen LogP contribution in [0.15, 0.2) is 73.1 Å². The molecule has 2 N–H and O–H groups in total. The summed E-state index contributed by atoms with van der Waals surface area (Å²) in [7, 11) is 0. The van der Waals surface area contributed by atoms with Crippen LogP contribution < -0.4 is 10.2 Å². The van der Waals surface area contributed by atoms with Gasteiger partial charge in [-0.25, -0.2) is 0 Å². The van der Waals surface area contributed by atoms with Crippen molar-refractivity contribution < 1.29 is 14.3 Å². The smallest absolute Gasteiger partial charge is 0.250 e. The van der Waals surface area contributed by atoms with Crippen molar-refractivity contribution in [3.05, 3.63) is 89.9 Å². The van der Waals surface area contributed by atoms with Gasteiger partial charge in [-0.2, -0.15) is 0 Å². The van der Waals surface area contributed by atoms with E-state index in [4.69, 9.17) is 4.74 Å². The number of rotatable bonds is 9. The molecule has 0 spiro atoms. The van der Waals surface area contributed by atoms with Crippen molar-refractivity contribution in [2.24, 2.45) is 11.3 Å². The molecule has 2 saturated carbocycles. The third kappa shape index (κ3) is 5.57. The van der Waals surface area contributed by atoms with Gasteiger partial charge in [-0.15, -0.1) is 0 Å². The Morgan fingerprint density at radius 1 is 1.02 bits per heavy atom. The fourth-order valence-electron chi connectivity index (χ4n) is 8.25. The summed E-state index contributed by atoms with van der Waals surface area (Å²) in [5.41, 5.74) is 5.50. The van der Waals surface area contributed by atoms with Crippen molar-refractivity contribution in [1.82, 2.24) is 14.9 Å². The number of pyridine rings is 1. The zero-order chi connectivity index (χ0) is 31.9. The number of nitrogens with one attached hydrogen (secondary N) is 2. The molecule has 0 bridgehead atoms. The summed E-state index contributed by atoms with van der Waals surface area (Å²) in [5, 5.41) is 4.47. The van der Waals surface area contributed by atoms with Gasteiger partial charge >= 0.3 is 0 Å². The Hall–Kier alpha value is -4.17. The molecular formula is C38H45N5O3. The number of carbonyl (C=O) groups excluding carboxylic acids is 2. The highest BCUT2D eigenvalue weighted by Crippen LogP contribution is 2.67. The molecule has 2 amide bonds. The summed E-state index contributed by atoms with van der Waals surface area (Å²) >= 11 is 0. The summed E-state index contributed by atoms with van der Waals surface area (Å²) in [6.45, 7) is 10.2. The number of amides is 2. The highest BCUT2D eigenvalue weighted by Gasteiger charge is 2.60. The largest absolute Gasteiger partial charge is 0.378 e. The van der Waals surface area contributed by atoms with Gasteiger partial charge in [-0.1, -0.05) is 51.0 Å². The van der Waals surface area contributed by atoms with Crippen molar-refractivity contribution in [3.8, 4) is 0 Å². The van der Waals surface area contributed by atoms with Crippen molar-refractivity contribution in [3.63, 3.8) is 0 Å². The lowest BCUT2D eigenvalue weighted by Gasteiger charge is -2.40. The molecule has 2 atom stereocenters. The monoisotopic (exact) mass is 619 g/mol. The number of aromatic amines is 1. The second-order valence-corrected chi connectivity index (χ2v) is 14.0. The molecule has 8 heteroatoms. The van der Waals surface area contributed by atoms with E-state index in [9.17, 15) is 9.59 Å². The van der Waals surface area contributed by atoms with Gasteiger partial charge in [0.25, 0.3) is 0 Å². The molecule has 0 unspecified atom stereocenters. The van der Waals surface area contributed by atoms with Gasteiger partial charge in [-0.05, 0) is 84.5 Å². The summed E-state index contributed by atoms with van der Waals surface area (Å²) in [6.07, 6.45) is 7.07. The van der Waals surface area contributed by atoms with Gasteiger partial charge in [0.05, 0.1) is 13.2 Å². The standard InChI is InChI=1S/C38H45N5O3/c1-26-34(30-10-4-5-11-32(30)40-26)35-31(37(35,2)3)23-33(44)43(25-27-9-8-18-39-24-27)38(16-6-7-17-38)36(45)41-28-12-14-29(15-13-28)42-19-21-46-22-20-42/h4-5,8-15,18,24,31,35,40H,6-7,16-17,19-23,25H2,1-3H3,(H,41,45)/t31-,35+/m1/s1. The summed E-state index contributed by atoms with van der Waals surface area (Å²) in [4.78, 5) is 41.1. The van der Waals surface area contributed by atoms with Gasteiger partial charge in [0.1, 0.15) is 5.54 Å². The SMILES string of the molecule is Cc1[nH]c2ccccc2c1[C@@H]1[C@@H](CC(=O)N(Cc2cccnc2)C2(C(=O)Nc3ccc(N4CCOCC4)cc3)CCCC2)C1(C)C. The number of morpholine rings is 1. The van der Waals surface area contributed by atoms with Crippen molar-refractivity contribution >= 4 is 34.1 Å². The number of aryl methyl sites for hydroxylation is 1. The maximum atomic E-state index is 14.6. The first-order chi connectivity index (χ1) is 22.3. The lowest BCUT2D eigenvalue weighted by atomic mass is 9.91. The van der Waals surface area contributed by atoms with Crippen LogP contribution in [0.25, 0.3) is 10.9 Å². The Morgan fingerprint density at radius 3 is 2.48 bits per heavy atom. The maximum absolute atomic E-state index is 14.6. The summed E-state index contributed by atoms with van der Waals surface area (Å²) in [5.74, 6) is 0.400. The topological polar surface area (TPSA) is 90.6 Å². The Morgan fingerprint density at radius 2 is 1.76 bits per heavy atom. The zero-order valence-corrected chi connectivity index (χ0v) is 27.2. The van der Waals surface area contributed by atoms with Gasteiger partial charge in [0.15, 0.2) is 0 Å². The van der Waals surface area contributed by atoms with Gasteiger partial charge in [0, 0.05) is 66.4 Å². The molecule has 8 nitrogen and oxygen atoms in total. The second-order valence-electron chi connectivity index (χ2n) is 14.0. The van der Waals surface area contributed by atoms with E-state index in [1.165, 1.54) is 16.6 Å². The minimum absolute atomic E-state index is 0.0291. The zero-order valence-electron chi connectivity index (χ0n) is 27.2. The molecule has 3 aliphatic rings. The number of benzene rings is 2. The first kappa shape index (κ1) is 30.5. The molecular weight excluding hydrogens is 574 g/mol. The normalized spacial score (nSPS) is 21.7. The molecule has 2 aromatic carbocycles. The second kappa shape index (κ2) is 12.2. The van der Waals surface area contributed by atoms with E-state index < -0.39 is 5.54 Å². The van der Waals surface area contributed by atoms with Crippen molar-refractivity contribution in [1.29, 1.82) is 0 Å². The number of hydrogen-bond donors (Lipinski definition) is 2. The first-order valence-corrected chi connectivity index (χ1v) is 16.8. The van der Waals surface area contributed by atoms with E-state index in [0.717, 1.165) is 61.6 Å². The van der Waals surface area contributed by atoms with Crippen LogP contribution in [0.3, 0.4) is 0 Å². The third-order valence-electron chi connectivity index (χ3n) is 10.9. The van der Waals surface area contributed by atoms with Crippen LogP contribution >= 0.6 is 0 Å². The Kier molecular flexibility index (Phi) is 8.09. The molecule has 3 heterocycles. The molecule has 240 valence electrons. The van der Waals surface area contributed by atoms with E-state index in [1.807, 2.05) is 35.4 Å². The fraction of sp³-hybridized carbons (Fsp3) is 0.447. The number of nitrogens with zero attached hydrogens (tertiary/aromatic N) is 3. The van der Waals surface area contributed by atoms with Gasteiger partial charge < -0.3 is 24.8 Å². The van der Waals surface area contributed by atoms with Crippen LogP contribution in [0.5, 0.6) is 0 Å². The molecule has 7 rings (SSSR count). The lowest BCUT2D eigenvalue weighted by molar-refractivity contribution is -0.146. The van der Waals surface area contributed by atoms with Crippen molar-refractivity contribution in [2.45, 2.75) is 70.9 Å². The van der Waals surface area contributed by atoms with Crippen LogP contribution in [0.4, 0.5) is 11.4 Å². The number of para-hydroxylation sites is 1. The molecule has 46 heavy (non-hydrogen) atoms. The van der Waals surface area contributed by atoms with E-state index in [2.05, 4.69) is 77.4 Å². The quantitative estimate of drug-likeness (QED) is 0.215. The number of fused-ring (bicyclic) bond motifs is 1. The first-order valence-electron chi connectivity index (χ1n) is 16.8. The molecule has 4 aromatic rings. The Labute approximate surface area is 271 Å². The van der Waals surface area contributed by atoms with E-state index >= 15 is 0 Å². The molecule has 0 radical (unpaired) electrons. The minimum atomic E-state index is -0.916. The number of ether oxygens (including phenoxy) is 1. The minimum Gasteiger partial charge on any atom is -0.378 e. The lowest BCUT2D eigenvalue weighted by Crippen LogP contribution is -2.57. The molecule has 1 aliphatic heterocycles. The average Bonchev–Trinajstić information content (AvgIpc) is 3.42. The highest BCUT2D eigenvalue weighted by atomic mass is 16.5. The summed E-state index contributed by atoms with van der Waals surface area (Å²) in [6, 6.07) is 20.4. The molecule has 3 fully saturated rings. The predicted molar refractivity (Wildman–Crippen MR) is 182 cm³/mol. The Bertz CT molecular complexity index is 1700. The van der Waals surface area contributed by atoms with Gasteiger partial charge in [0.2, 0.25) is 11.8 Å². The van der Waals surface area contributed by atoms with E-state index in [-0.39, 0.29) is 29.1 Å². The van der Waals surface area contributed by atoms with Crippen LogP contribution in [0, 0.1) is 18.3 Å². The fourth-order valence-corrected chi connectivity index (χ4v) is 8.25. The third-order valence-corrected chi connectivity index (χ3v) is 10.9. The Balaban J connectivity index is 1.15. The average molecular weight is 620 g/mol. The summed E-state index contributed by atoms with van der Waals surface area (Å²) < 4.78 is 5.50. The van der Waals surface area contributed by atoms with Crippen molar-refractivity contribution in [2.75, 3.05) is 36.5 Å². The van der Waals surface area contributed by atoms with E-state index in [0.29, 0.717) is 25.8 Å².